The molecule has 1 fully saturated rings. The molecule has 2 atom stereocenters. The molecule has 0 saturated heterocycles. The zero-order valence-corrected chi connectivity index (χ0v) is 33.7. The summed E-state index contributed by atoms with van der Waals surface area (Å²) in [4.78, 5) is 27.7. The lowest BCUT2D eigenvalue weighted by Crippen LogP contribution is -2.11. The summed E-state index contributed by atoms with van der Waals surface area (Å²) in [5, 5.41) is 0. The predicted octanol–water partition coefficient (Wildman–Crippen LogP) is 14.8. The van der Waals surface area contributed by atoms with Crippen LogP contribution in [0.5, 0.6) is 0 Å². The summed E-state index contributed by atoms with van der Waals surface area (Å²) >= 11 is 0. The van der Waals surface area contributed by atoms with Crippen LogP contribution in [0.2, 0.25) is 0 Å². The Hall–Kier alpha value is -3.07. The Morgan fingerprint density at radius 3 is 2.04 bits per heavy atom. The predicted molar refractivity (Wildman–Crippen MR) is 226 cm³/mol. The number of ketones is 2. The first-order valence-electron chi connectivity index (χ1n) is 20.2. The van der Waals surface area contributed by atoms with Crippen LogP contribution in [0.1, 0.15) is 173 Å². The number of unbranched alkanes of at least 4 members (excludes halogenated alkanes) is 8. The molecule has 4 rings (SSSR count). The van der Waals surface area contributed by atoms with Gasteiger partial charge in [-0.15, -0.1) is 0 Å². The normalized spacial score (nSPS) is 17.1. The second-order valence-corrected chi connectivity index (χ2v) is 13.7. The Morgan fingerprint density at radius 1 is 0.880 bits per heavy atom. The molecule has 3 aliphatic rings. The van der Waals surface area contributed by atoms with Crippen LogP contribution in [0, 0.1) is 11.8 Å². The highest BCUT2D eigenvalue weighted by Gasteiger charge is 2.29. The zero-order valence-electron chi connectivity index (χ0n) is 33.7. The van der Waals surface area contributed by atoms with E-state index in [1.807, 2.05) is 40.0 Å². The van der Waals surface area contributed by atoms with Crippen molar-refractivity contribution in [1.29, 1.82) is 0 Å². The van der Waals surface area contributed by atoms with E-state index in [0.717, 1.165) is 57.1 Å². The lowest BCUT2D eigenvalue weighted by atomic mass is 9.94. The molecule has 3 heteroatoms. The van der Waals surface area contributed by atoms with E-state index >= 15 is 0 Å². The third-order valence-electron chi connectivity index (χ3n) is 9.08. The third-order valence-corrected chi connectivity index (χ3v) is 9.08. The second-order valence-electron chi connectivity index (χ2n) is 13.7. The first-order chi connectivity index (χ1) is 24.3. The van der Waals surface area contributed by atoms with Crippen LogP contribution >= 0.6 is 0 Å². The number of nitrogens with zero attached hydrogens (tertiary/aromatic N) is 1. The Morgan fingerprint density at radius 2 is 1.52 bits per heavy atom. The summed E-state index contributed by atoms with van der Waals surface area (Å²) in [6.07, 6.45) is 33.0. The van der Waals surface area contributed by atoms with Crippen LogP contribution in [0.15, 0.2) is 94.7 Å². The topological polar surface area (TPSA) is 46.5 Å². The van der Waals surface area contributed by atoms with Crippen LogP contribution in [-0.4, -0.2) is 17.8 Å². The molecule has 0 aromatic heterocycles. The number of hydrogen-bond donors (Lipinski definition) is 0. The van der Waals surface area contributed by atoms with Crippen LogP contribution in [-0.2, 0) is 16.0 Å². The summed E-state index contributed by atoms with van der Waals surface area (Å²) in [6, 6.07) is 10.4. The minimum absolute atomic E-state index is 0. The minimum Gasteiger partial charge on any atom is -0.300 e. The van der Waals surface area contributed by atoms with E-state index in [9.17, 15) is 9.59 Å². The Bertz CT molecular complexity index is 1210. The Kier molecular flexibility index (Phi) is 29.9. The summed E-state index contributed by atoms with van der Waals surface area (Å²) in [6.45, 7) is 20.2. The molecule has 1 unspecified atom stereocenters. The smallest absolute Gasteiger partial charge is 0.135 e. The fourth-order valence-corrected chi connectivity index (χ4v) is 6.33. The van der Waals surface area contributed by atoms with Gasteiger partial charge in [0.05, 0.1) is 0 Å². The van der Waals surface area contributed by atoms with E-state index in [0.29, 0.717) is 18.1 Å². The van der Waals surface area contributed by atoms with Crippen molar-refractivity contribution in [2.24, 2.45) is 16.8 Å². The van der Waals surface area contributed by atoms with E-state index in [2.05, 4.69) is 87.0 Å². The number of Topliss-reactive ketones (excluding diaryl/α,β-unsaturated/α-hetero) is 2. The van der Waals surface area contributed by atoms with Gasteiger partial charge in [0.15, 0.2) is 0 Å². The third kappa shape index (κ3) is 25.0. The molecule has 0 amide bonds. The molecular formula is C47H79NO2. The van der Waals surface area contributed by atoms with Crippen molar-refractivity contribution in [3.8, 4) is 0 Å². The summed E-state index contributed by atoms with van der Waals surface area (Å²) in [7, 11) is 0. The van der Waals surface area contributed by atoms with Crippen molar-refractivity contribution in [3.05, 3.63) is 95.3 Å². The van der Waals surface area contributed by atoms with Gasteiger partial charge >= 0.3 is 0 Å². The molecule has 284 valence electrons. The summed E-state index contributed by atoms with van der Waals surface area (Å²) in [5.74, 6) is 1.49. The van der Waals surface area contributed by atoms with Gasteiger partial charge in [-0.2, -0.15) is 0 Å². The average molecular weight is 690 g/mol. The maximum absolute atomic E-state index is 12.2. The van der Waals surface area contributed by atoms with Crippen LogP contribution in [0.25, 0.3) is 0 Å². The fraction of sp³-hybridized carbons (Fsp3) is 0.596. The summed E-state index contributed by atoms with van der Waals surface area (Å²) < 4.78 is 0. The van der Waals surface area contributed by atoms with Gasteiger partial charge in [0.25, 0.3) is 0 Å². The van der Waals surface area contributed by atoms with Gasteiger partial charge in [0.1, 0.15) is 11.6 Å². The zero-order chi connectivity index (χ0) is 37.4. The number of hydrogen-bond acceptors (Lipinski definition) is 3. The van der Waals surface area contributed by atoms with E-state index in [4.69, 9.17) is 0 Å². The van der Waals surface area contributed by atoms with Gasteiger partial charge < -0.3 is 4.79 Å². The molecule has 3 nitrogen and oxygen atoms in total. The highest BCUT2D eigenvalue weighted by molar-refractivity contribution is 5.82. The van der Waals surface area contributed by atoms with Gasteiger partial charge in [-0.1, -0.05) is 164 Å². The number of carbonyl (C=O) groups is 2. The molecule has 0 bridgehead atoms. The molecule has 0 spiro atoms. The molecule has 50 heavy (non-hydrogen) atoms. The lowest BCUT2D eigenvalue weighted by Gasteiger charge is -2.09. The monoisotopic (exact) mass is 690 g/mol. The van der Waals surface area contributed by atoms with E-state index in [1.54, 1.807) is 6.92 Å². The van der Waals surface area contributed by atoms with Crippen molar-refractivity contribution in [2.45, 2.75) is 171 Å². The molecule has 0 radical (unpaired) electrons. The van der Waals surface area contributed by atoms with Crippen LogP contribution < -0.4 is 0 Å². The molecule has 1 aromatic rings. The molecular weight excluding hydrogens is 611 g/mol. The van der Waals surface area contributed by atoms with Crippen molar-refractivity contribution >= 4 is 17.8 Å². The highest BCUT2D eigenvalue weighted by Crippen LogP contribution is 2.34. The molecule has 3 aliphatic carbocycles. The van der Waals surface area contributed by atoms with Gasteiger partial charge in [-0.25, -0.2) is 0 Å². The molecule has 1 aromatic carbocycles. The minimum atomic E-state index is 0. The van der Waals surface area contributed by atoms with Gasteiger partial charge in [-0.3, -0.25) is 9.79 Å². The number of allylic oxidation sites excluding steroid dienone is 9. The second kappa shape index (κ2) is 31.9. The van der Waals surface area contributed by atoms with Crippen LogP contribution in [0.4, 0.5) is 0 Å². The average Bonchev–Trinajstić information content (AvgIpc) is 3.91. The van der Waals surface area contributed by atoms with Crippen molar-refractivity contribution in [3.63, 3.8) is 0 Å². The van der Waals surface area contributed by atoms with Gasteiger partial charge in [0.2, 0.25) is 0 Å². The van der Waals surface area contributed by atoms with E-state index < -0.39 is 0 Å². The lowest BCUT2D eigenvalue weighted by molar-refractivity contribution is -0.123. The standard InChI is InChI=1S/C20H36O2.C16H17N.C7H10.2C2H6.2H2/c1-3-4-5-6-7-8-9-10-11-12-20(22)19-14-13-18(16-19)15-17(2)21;1-14(17-13-16-9-5-6-10-16)11-12-15-7-3-2-4-8-15;1-6-3-4-7(2)5-6;2*1-2;;/h18-19H,3-16H2,1-2H3;2-9,13H,1,10-12H2;3,5H,4H2,1-2H3;2*1-2H3;2*1H/t18?,19-;;;;;;/m1....../s1. The maximum Gasteiger partial charge on any atom is 0.135 e. The van der Waals surface area contributed by atoms with Gasteiger partial charge in [-0.05, 0) is 89.2 Å². The maximum atomic E-state index is 12.2. The fourth-order valence-electron chi connectivity index (χ4n) is 6.33. The number of rotatable bonds is 18. The SMILES string of the molecule is C=C(CCc1ccccc1)N=CC1=CC=CC1.CC.CC.CC1=CCC(C)=C1.CCCCCCCCCCCC(=O)[C@@H]1CCC(CC(C)=O)C1.[HH].[HH]. The highest BCUT2D eigenvalue weighted by atomic mass is 16.1. The molecule has 0 heterocycles. The van der Waals surface area contributed by atoms with E-state index in [-0.39, 0.29) is 14.6 Å². The molecule has 0 aliphatic heterocycles. The number of benzene rings is 1. The largest absolute Gasteiger partial charge is 0.300 e. The number of aryl methyl sites for hydroxylation is 1. The number of aliphatic imine (C=N–C) groups is 1. The number of carbonyl (C=O) groups excluding carboxylic acids is 2. The quantitative estimate of drug-likeness (QED) is 0.114. The summed E-state index contributed by atoms with van der Waals surface area (Å²) in [5.41, 5.74) is 6.44. The van der Waals surface area contributed by atoms with Crippen molar-refractivity contribution in [2.75, 3.05) is 0 Å². The van der Waals surface area contributed by atoms with Crippen molar-refractivity contribution in [1.82, 2.24) is 0 Å². The van der Waals surface area contributed by atoms with Gasteiger partial charge in [0, 0.05) is 33.5 Å². The first kappa shape index (κ1) is 46.9. The first-order valence-corrected chi connectivity index (χ1v) is 20.2. The van der Waals surface area contributed by atoms with Crippen molar-refractivity contribution < 1.29 is 12.4 Å². The molecule has 1 saturated carbocycles. The van der Waals surface area contributed by atoms with Crippen LogP contribution in [0.3, 0.4) is 0 Å². The van der Waals surface area contributed by atoms with E-state index in [1.165, 1.54) is 80.1 Å². The Balaban J connectivity index is -0.000000707. The Labute approximate surface area is 312 Å². The molecule has 0 N–H and O–H groups in total.